The van der Waals surface area contributed by atoms with Gasteiger partial charge in [0.15, 0.2) is 11.9 Å². The number of hydrogen-bond donors (Lipinski definition) is 2. The number of methoxy groups -OCH3 is 1. The number of carbonyl (C=O) groups is 2. The second-order valence-electron chi connectivity index (χ2n) is 4.47. The van der Waals surface area contributed by atoms with Gasteiger partial charge in [0.1, 0.15) is 5.58 Å². The summed E-state index contributed by atoms with van der Waals surface area (Å²) in [4.78, 5) is 22.9. The largest absolute Gasteiger partial charge is 0.479 e. The molecular formula is C14H14BrNO5. The number of fused-ring (bicyclic) bond motifs is 1. The molecule has 0 aliphatic carbocycles. The molecule has 6 nitrogen and oxygen atoms in total. The average molecular weight is 356 g/mol. The van der Waals surface area contributed by atoms with E-state index >= 15 is 0 Å². The molecule has 0 saturated carbocycles. The first-order valence-electron chi connectivity index (χ1n) is 6.16. The Bertz CT molecular complexity index is 694. The monoisotopic (exact) mass is 355 g/mol. The Balaban J connectivity index is 2.20. The van der Waals surface area contributed by atoms with Crippen LogP contribution in [0.15, 0.2) is 27.1 Å². The number of furan rings is 1. The third kappa shape index (κ3) is 3.25. The first-order chi connectivity index (χ1) is 9.93. The Morgan fingerprint density at radius 3 is 2.81 bits per heavy atom. The van der Waals surface area contributed by atoms with Crippen LogP contribution in [0.2, 0.25) is 0 Å². The lowest BCUT2D eigenvalue weighted by Crippen LogP contribution is -2.37. The number of rotatable bonds is 5. The molecule has 0 fully saturated rings. The first-order valence-corrected chi connectivity index (χ1v) is 6.95. The number of carboxylic acid groups (broad SMARTS) is 1. The minimum absolute atomic E-state index is 0.134. The maximum absolute atomic E-state index is 12.1. The molecule has 1 amide bonds. The van der Waals surface area contributed by atoms with E-state index in [4.69, 9.17) is 14.3 Å². The fraction of sp³-hybridized carbons (Fsp3) is 0.286. The highest BCUT2D eigenvalue weighted by molar-refractivity contribution is 9.10. The maximum Gasteiger partial charge on any atom is 0.334 e. The van der Waals surface area contributed by atoms with Gasteiger partial charge in [-0.2, -0.15) is 0 Å². The SMILES string of the molecule is COC(CNC(=O)c1oc2ccc(Br)cc2c1C)C(=O)O. The van der Waals surface area contributed by atoms with E-state index in [1.165, 1.54) is 7.11 Å². The van der Waals surface area contributed by atoms with Crippen molar-refractivity contribution >= 4 is 38.8 Å². The van der Waals surface area contributed by atoms with E-state index in [-0.39, 0.29) is 12.3 Å². The standard InChI is InChI=1S/C14H14BrNO5/c1-7-9-5-8(15)3-4-10(9)21-12(7)13(17)16-6-11(20-2)14(18)19/h3-5,11H,6H2,1-2H3,(H,16,17)(H,18,19). The summed E-state index contributed by atoms with van der Waals surface area (Å²) in [6, 6.07) is 5.44. The molecule has 1 aromatic carbocycles. The van der Waals surface area contributed by atoms with Crippen molar-refractivity contribution in [3.05, 3.63) is 34.0 Å². The van der Waals surface area contributed by atoms with Gasteiger partial charge in [-0.25, -0.2) is 4.79 Å². The third-order valence-electron chi connectivity index (χ3n) is 3.11. The van der Waals surface area contributed by atoms with Crippen LogP contribution in [-0.4, -0.2) is 36.7 Å². The number of aliphatic carboxylic acids is 1. The van der Waals surface area contributed by atoms with Crippen molar-refractivity contribution in [2.75, 3.05) is 13.7 Å². The summed E-state index contributed by atoms with van der Waals surface area (Å²) < 4.78 is 11.2. The highest BCUT2D eigenvalue weighted by Gasteiger charge is 2.21. The molecule has 0 aliphatic heterocycles. The fourth-order valence-corrected chi connectivity index (χ4v) is 2.31. The van der Waals surface area contributed by atoms with E-state index in [2.05, 4.69) is 21.2 Å². The molecule has 112 valence electrons. The fourth-order valence-electron chi connectivity index (χ4n) is 1.95. The van der Waals surface area contributed by atoms with Gasteiger partial charge in [-0.3, -0.25) is 4.79 Å². The summed E-state index contributed by atoms with van der Waals surface area (Å²) in [7, 11) is 1.27. The van der Waals surface area contributed by atoms with Crippen molar-refractivity contribution in [3.8, 4) is 0 Å². The van der Waals surface area contributed by atoms with E-state index in [9.17, 15) is 9.59 Å². The quantitative estimate of drug-likeness (QED) is 0.859. The topological polar surface area (TPSA) is 88.8 Å². The first kappa shape index (κ1) is 15.5. The Kier molecular flexibility index (Phi) is 4.64. The molecule has 0 spiro atoms. The number of carbonyl (C=O) groups excluding carboxylic acids is 1. The molecule has 1 heterocycles. The van der Waals surface area contributed by atoms with Gasteiger partial charge in [-0.1, -0.05) is 15.9 Å². The number of hydrogen-bond acceptors (Lipinski definition) is 4. The zero-order valence-corrected chi connectivity index (χ0v) is 13.1. The highest BCUT2D eigenvalue weighted by Crippen LogP contribution is 2.27. The van der Waals surface area contributed by atoms with Gasteiger partial charge in [-0.05, 0) is 25.1 Å². The van der Waals surface area contributed by atoms with Gasteiger partial charge in [0.25, 0.3) is 5.91 Å². The summed E-state index contributed by atoms with van der Waals surface area (Å²) in [6.07, 6.45) is -1.09. The predicted octanol–water partition coefficient (Wildman–Crippen LogP) is 2.33. The lowest BCUT2D eigenvalue weighted by molar-refractivity contribution is -0.148. The van der Waals surface area contributed by atoms with Gasteiger partial charge in [-0.15, -0.1) is 0 Å². The van der Waals surface area contributed by atoms with Gasteiger partial charge in [0, 0.05) is 22.5 Å². The van der Waals surface area contributed by atoms with E-state index in [0.29, 0.717) is 11.1 Å². The van der Waals surface area contributed by atoms with Gasteiger partial charge in [0.05, 0.1) is 6.54 Å². The minimum Gasteiger partial charge on any atom is -0.479 e. The molecule has 1 unspecified atom stereocenters. The number of halogens is 1. The van der Waals surface area contributed by atoms with Crippen LogP contribution in [0.1, 0.15) is 16.1 Å². The maximum atomic E-state index is 12.1. The molecule has 1 aromatic heterocycles. The summed E-state index contributed by atoms with van der Waals surface area (Å²) in [5.41, 5.74) is 1.30. The van der Waals surface area contributed by atoms with Gasteiger partial charge in [0.2, 0.25) is 0 Å². The van der Waals surface area contributed by atoms with E-state index in [1.54, 1.807) is 13.0 Å². The van der Waals surface area contributed by atoms with Crippen LogP contribution in [-0.2, 0) is 9.53 Å². The normalized spacial score (nSPS) is 12.3. The van der Waals surface area contributed by atoms with Crippen LogP contribution < -0.4 is 5.32 Å². The minimum atomic E-state index is -1.14. The average Bonchev–Trinajstić information content (AvgIpc) is 2.76. The zero-order chi connectivity index (χ0) is 15.6. The Labute approximate surface area is 129 Å². The molecule has 0 saturated heterocycles. The van der Waals surface area contributed by atoms with Crippen LogP contribution >= 0.6 is 15.9 Å². The Morgan fingerprint density at radius 2 is 2.19 bits per heavy atom. The predicted molar refractivity (Wildman–Crippen MR) is 79.4 cm³/mol. The lowest BCUT2D eigenvalue weighted by atomic mass is 10.1. The number of carboxylic acids is 1. The van der Waals surface area contributed by atoms with E-state index in [1.807, 2.05) is 12.1 Å². The summed E-state index contributed by atoms with van der Waals surface area (Å²) in [5.74, 6) is -1.44. The number of ether oxygens (including phenoxy) is 1. The van der Waals surface area contributed by atoms with Gasteiger partial charge >= 0.3 is 5.97 Å². The Hall–Kier alpha value is -1.86. The number of aryl methyl sites for hydroxylation is 1. The van der Waals surface area contributed by atoms with Crippen molar-refractivity contribution in [2.24, 2.45) is 0 Å². The smallest absolute Gasteiger partial charge is 0.334 e. The molecule has 21 heavy (non-hydrogen) atoms. The molecule has 0 bridgehead atoms. The van der Waals surface area contributed by atoms with Crippen LogP contribution in [0.5, 0.6) is 0 Å². The van der Waals surface area contributed by atoms with Gasteiger partial charge < -0.3 is 19.6 Å². The zero-order valence-electron chi connectivity index (χ0n) is 11.5. The van der Waals surface area contributed by atoms with Crippen molar-refractivity contribution in [2.45, 2.75) is 13.0 Å². The molecule has 2 aromatic rings. The van der Waals surface area contributed by atoms with Crippen molar-refractivity contribution in [1.82, 2.24) is 5.32 Å². The van der Waals surface area contributed by atoms with Crippen LogP contribution in [0.25, 0.3) is 11.0 Å². The lowest BCUT2D eigenvalue weighted by Gasteiger charge is -2.10. The summed E-state index contributed by atoms with van der Waals surface area (Å²) in [6.45, 7) is 1.64. The van der Waals surface area contributed by atoms with Crippen LogP contribution in [0.4, 0.5) is 0 Å². The molecule has 0 radical (unpaired) electrons. The molecule has 7 heteroatoms. The van der Waals surface area contributed by atoms with Crippen molar-refractivity contribution < 1.29 is 23.8 Å². The second-order valence-corrected chi connectivity index (χ2v) is 5.38. The van der Waals surface area contributed by atoms with E-state index < -0.39 is 18.0 Å². The third-order valence-corrected chi connectivity index (χ3v) is 3.61. The molecular weight excluding hydrogens is 342 g/mol. The van der Waals surface area contributed by atoms with Crippen LogP contribution in [0, 0.1) is 6.92 Å². The summed E-state index contributed by atoms with van der Waals surface area (Å²) in [5, 5.41) is 12.2. The second kappa shape index (κ2) is 6.28. The highest BCUT2D eigenvalue weighted by atomic mass is 79.9. The number of nitrogens with one attached hydrogen (secondary N) is 1. The molecule has 2 rings (SSSR count). The Morgan fingerprint density at radius 1 is 1.48 bits per heavy atom. The summed E-state index contributed by atoms with van der Waals surface area (Å²) >= 11 is 3.36. The molecule has 1 atom stereocenters. The molecule has 0 aliphatic rings. The van der Waals surface area contributed by atoms with Crippen molar-refractivity contribution in [1.29, 1.82) is 0 Å². The van der Waals surface area contributed by atoms with E-state index in [0.717, 1.165) is 9.86 Å². The number of benzene rings is 1. The van der Waals surface area contributed by atoms with Crippen molar-refractivity contribution in [3.63, 3.8) is 0 Å². The molecule has 2 N–H and O–H groups in total. The van der Waals surface area contributed by atoms with Crippen LogP contribution in [0.3, 0.4) is 0 Å². The number of amides is 1.